The van der Waals surface area contributed by atoms with Gasteiger partial charge in [0.2, 0.25) is 5.91 Å². The lowest BCUT2D eigenvalue weighted by Gasteiger charge is -2.05. The van der Waals surface area contributed by atoms with Gasteiger partial charge in [-0.15, -0.1) is 0 Å². The number of aryl methyl sites for hydroxylation is 1. The summed E-state index contributed by atoms with van der Waals surface area (Å²) in [5.41, 5.74) is 2.04. The summed E-state index contributed by atoms with van der Waals surface area (Å²) in [6, 6.07) is 11.6. The first-order valence-corrected chi connectivity index (χ1v) is 11.3. The van der Waals surface area contributed by atoms with Crippen LogP contribution in [0, 0.1) is 6.92 Å². The highest BCUT2D eigenvalue weighted by molar-refractivity contribution is 7.91. The number of esters is 1. The normalized spacial score (nSPS) is 11.4. The van der Waals surface area contributed by atoms with Crippen molar-refractivity contribution in [1.29, 1.82) is 0 Å². The van der Waals surface area contributed by atoms with E-state index < -0.39 is 15.8 Å². The molecule has 0 unspecified atom stereocenters. The maximum Gasteiger partial charge on any atom is 0.337 e. The van der Waals surface area contributed by atoms with E-state index >= 15 is 0 Å². The molecular formula is C20H20N2O5S2. The molecule has 0 atom stereocenters. The fourth-order valence-corrected chi connectivity index (χ4v) is 4.92. The second-order valence-corrected chi connectivity index (χ2v) is 9.62. The molecule has 0 fully saturated rings. The number of nitrogens with zero attached hydrogens (tertiary/aromatic N) is 1. The molecule has 152 valence electrons. The third-order valence-corrected chi connectivity index (χ3v) is 7.00. The molecule has 1 amide bonds. The number of thiazole rings is 1. The molecule has 0 spiro atoms. The third-order valence-electron chi connectivity index (χ3n) is 4.25. The minimum atomic E-state index is -3.42. The smallest absolute Gasteiger partial charge is 0.337 e. The van der Waals surface area contributed by atoms with E-state index in [0.29, 0.717) is 16.2 Å². The van der Waals surface area contributed by atoms with Gasteiger partial charge in [-0.1, -0.05) is 29.0 Å². The summed E-state index contributed by atoms with van der Waals surface area (Å²) in [4.78, 5) is 28.3. The lowest BCUT2D eigenvalue weighted by atomic mass is 10.2. The Bertz CT molecular complexity index is 1150. The Hall–Kier alpha value is -2.78. The van der Waals surface area contributed by atoms with E-state index in [2.05, 4.69) is 10.3 Å². The van der Waals surface area contributed by atoms with E-state index in [0.717, 1.165) is 10.3 Å². The number of methoxy groups -OCH3 is 1. The van der Waals surface area contributed by atoms with Gasteiger partial charge in [0.05, 0.1) is 33.5 Å². The molecule has 3 aromatic rings. The largest absolute Gasteiger partial charge is 0.465 e. The Labute approximate surface area is 172 Å². The number of carbonyl (C=O) groups is 2. The first-order valence-electron chi connectivity index (χ1n) is 8.87. The Kier molecular flexibility index (Phi) is 6.29. The molecule has 0 bridgehead atoms. The van der Waals surface area contributed by atoms with Crippen LogP contribution in [0.1, 0.15) is 28.8 Å². The van der Waals surface area contributed by atoms with E-state index in [1.54, 1.807) is 42.5 Å². The van der Waals surface area contributed by atoms with Crippen LogP contribution in [0.25, 0.3) is 10.2 Å². The summed E-state index contributed by atoms with van der Waals surface area (Å²) in [7, 11) is -2.11. The molecule has 1 heterocycles. The number of rotatable bonds is 7. The van der Waals surface area contributed by atoms with Gasteiger partial charge in [-0.2, -0.15) is 0 Å². The predicted molar refractivity (Wildman–Crippen MR) is 112 cm³/mol. The molecule has 1 N–H and O–H groups in total. The van der Waals surface area contributed by atoms with Crippen LogP contribution in [0.4, 0.5) is 5.13 Å². The molecule has 0 aliphatic heterocycles. The van der Waals surface area contributed by atoms with Crippen molar-refractivity contribution in [2.24, 2.45) is 0 Å². The van der Waals surface area contributed by atoms with Crippen molar-refractivity contribution < 1.29 is 22.7 Å². The number of hydrogen-bond donors (Lipinski definition) is 1. The van der Waals surface area contributed by atoms with E-state index in [1.807, 2.05) is 6.92 Å². The Balaban J connectivity index is 1.58. The average molecular weight is 433 g/mol. The summed E-state index contributed by atoms with van der Waals surface area (Å²) >= 11 is 1.24. The zero-order valence-electron chi connectivity index (χ0n) is 16.0. The van der Waals surface area contributed by atoms with Gasteiger partial charge in [0.15, 0.2) is 15.0 Å². The molecule has 9 heteroatoms. The van der Waals surface area contributed by atoms with Gasteiger partial charge in [0.25, 0.3) is 0 Å². The number of benzene rings is 2. The van der Waals surface area contributed by atoms with Crippen LogP contribution < -0.4 is 5.32 Å². The highest BCUT2D eigenvalue weighted by atomic mass is 32.2. The molecular weight excluding hydrogens is 412 g/mol. The summed E-state index contributed by atoms with van der Waals surface area (Å²) in [6.07, 6.45) is 0.272. The predicted octanol–water partition coefficient (Wildman–Crippen LogP) is 3.58. The van der Waals surface area contributed by atoms with Gasteiger partial charge in [-0.3, -0.25) is 4.79 Å². The molecule has 2 aromatic carbocycles. The van der Waals surface area contributed by atoms with Crippen molar-refractivity contribution in [2.45, 2.75) is 24.7 Å². The lowest BCUT2D eigenvalue weighted by molar-refractivity contribution is -0.116. The summed E-state index contributed by atoms with van der Waals surface area (Å²) in [6.45, 7) is 1.89. The topological polar surface area (TPSA) is 102 Å². The first kappa shape index (κ1) is 20.9. The Morgan fingerprint density at radius 2 is 1.86 bits per heavy atom. The van der Waals surface area contributed by atoms with Crippen LogP contribution in [0.15, 0.2) is 47.4 Å². The van der Waals surface area contributed by atoms with Crippen LogP contribution in [-0.2, 0) is 19.4 Å². The molecule has 0 saturated heterocycles. The number of nitrogens with one attached hydrogen (secondary N) is 1. The second kappa shape index (κ2) is 8.71. The van der Waals surface area contributed by atoms with Crippen molar-refractivity contribution in [2.75, 3.05) is 18.2 Å². The van der Waals surface area contributed by atoms with E-state index in [1.165, 1.54) is 18.4 Å². The van der Waals surface area contributed by atoms with Crippen molar-refractivity contribution in [1.82, 2.24) is 4.98 Å². The maximum atomic E-state index is 12.3. The number of sulfone groups is 1. The van der Waals surface area contributed by atoms with Gasteiger partial charge in [0.1, 0.15) is 0 Å². The minimum Gasteiger partial charge on any atom is -0.465 e. The fourth-order valence-electron chi connectivity index (χ4n) is 2.69. The van der Waals surface area contributed by atoms with Crippen LogP contribution in [0.5, 0.6) is 0 Å². The average Bonchev–Trinajstić information content (AvgIpc) is 3.08. The number of ether oxygens (including phenoxy) is 1. The molecule has 3 rings (SSSR count). The summed E-state index contributed by atoms with van der Waals surface area (Å²) < 4.78 is 30.1. The molecule has 29 heavy (non-hydrogen) atoms. The lowest BCUT2D eigenvalue weighted by Crippen LogP contribution is -2.14. The zero-order chi connectivity index (χ0) is 21.0. The monoisotopic (exact) mass is 432 g/mol. The van der Waals surface area contributed by atoms with Gasteiger partial charge in [-0.25, -0.2) is 18.2 Å². The van der Waals surface area contributed by atoms with Crippen molar-refractivity contribution >= 4 is 48.4 Å². The van der Waals surface area contributed by atoms with Crippen LogP contribution >= 0.6 is 11.3 Å². The number of carbonyl (C=O) groups excluding carboxylic acids is 2. The van der Waals surface area contributed by atoms with Crippen LogP contribution in [-0.4, -0.2) is 38.1 Å². The molecule has 7 nitrogen and oxygen atoms in total. The van der Waals surface area contributed by atoms with Crippen molar-refractivity contribution in [3.05, 3.63) is 53.6 Å². The molecule has 0 saturated carbocycles. The number of anilines is 1. The number of hydrogen-bond acceptors (Lipinski definition) is 7. The standard InChI is InChI=1S/C20H20N2O5S2/c1-13-5-8-15(9-6-13)29(25,26)11-3-4-18(23)22-20-21-16-10-7-14(19(24)27-2)12-17(16)28-20/h5-10,12H,3-4,11H2,1-2H3,(H,21,22,23). The quantitative estimate of drug-likeness (QED) is 0.573. The van der Waals surface area contributed by atoms with Crippen molar-refractivity contribution in [3.63, 3.8) is 0 Å². The Morgan fingerprint density at radius 3 is 2.55 bits per heavy atom. The number of amides is 1. The van der Waals surface area contributed by atoms with Crippen LogP contribution in [0.2, 0.25) is 0 Å². The minimum absolute atomic E-state index is 0.0639. The number of aromatic nitrogens is 1. The Morgan fingerprint density at radius 1 is 1.14 bits per heavy atom. The molecule has 1 aromatic heterocycles. The highest BCUT2D eigenvalue weighted by Crippen LogP contribution is 2.27. The highest BCUT2D eigenvalue weighted by Gasteiger charge is 2.16. The maximum absolute atomic E-state index is 12.3. The number of fused-ring (bicyclic) bond motifs is 1. The first-order chi connectivity index (χ1) is 13.8. The molecule has 0 aliphatic rings. The van der Waals surface area contributed by atoms with E-state index in [9.17, 15) is 18.0 Å². The van der Waals surface area contributed by atoms with E-state index in [4.69, 9.17) is 4.74 Å². The van der Waals surface area contributed by atoms with Gasteiger partial charge in [0, 0.05) is 6.42 Å². The van der Waals surface area contributed by atoms with Crippen molar-refractivity contribution in [3.8, 4) is 0 Å². The fraction of sp³-hybridized carbons (Fsp3) is 0.250. The van der Waals surface area contributed by atoms with E-state index in [-0.39, 0.29) is 29.4 Å². The van der Waals surface area contributed by atoms with Gasteiger partial charge < -0.3 is 10.1 Å². The molecule has 0 aliphatic carbocycles. The van der Waals surface area contributed by atoms with Gasteiger partial charge >= 0.3 is 5.97 Å². The zero-order valence-corrected chi connectivity index (χ0v) is 17.6. The summed E-state index contributed by atoms with van der Waals surface area (Å²) in [5.74, 6) is -0.858. The summed E-state index contributed by atoms with van der Waals surface area (Å²) in [5, 5.41) is 3.08. The molecule has 0 radical (unpaired) electrons. The second-order valence-electron chi connectivity index (χ2n) is 6.48. The SMILES string of the molecule is COC(=O)c1ccc2nc(NC(=O)CCCS(=O)(=O)c3ccc(C)cc3)sc2c1. The van der Waals surface area contributed by atoms with Gasteiger partial charge in [-0.05, 0) is 43.7 Å². The van der Waals surface area contributed by atoms with Crippen LogP contribution in [0.3, 0.4) is 0 Å². The third kappa shape index (κ3) is 5.18.